The number of hydrogen-bond acceptors (Lipinski definition) is 7. The molecule has 1 aromatic rings. The van der Waals surface area contributed by atoms with E-state index in [2.05, 4.69) is 20.9 Å². The van der Waals surface area contributed by atoms with Gasteiger partial charge in [0.25, 0.3) is 0 Å². The van der Waals surface area contributed by atoms with Crippen LogP contribution >= 0.6 is 0 Å². The van der Waals surface area contributed by atoms with E-state index in [-0.39, 0.29) is 44.1 Å². The van der Waals surface area contributed by atoms with Gasteiger partial charge in [0.15, 0.2) is 5.96 Å². The van der Waals surface area contributed by atoms with E-state index in [4.69, 9.17) is 22.3 Å². The van der Waals surface area contributed by atoms with Crippen LogP contribution in [0.1, 0.15) is 51.5 Å². The molecule has 11 N–H and O–H groups in total. The van der Waals surface area contributed by atoms with Crippen molar-refractivity contribution in [1.82, 2.24) is 16.0 Å². The van der Waals surface area contributed by atoms with Crippen LogP contribution < -0.4 is 33.2 Å². The zero-order valence-electron chi connectivity index (χ0n) is 22.8. The number of carbonyl (C=O) groups is 5. The van der Waals surface area contributed by atoms with Gasteiger partial charge in [-0.3, -0.25) is 24.2 Å². The van der Waals surface area contributed by atoms with Gasteiger partial charge >= 0.3 is 11.9 Å². The van der Waals surface area contributed by atoms with Crippen LogP contribution in [0.5, 0.6) is 0 Å². The highest BCUT2D eigenvalue weighted by Crippen LogP contribution is 2.09. The van der Waals surface area contributed by atoms with Crippen molar-refractivity contribution < 1.29 is 34.2 Å². The Morgan fingerprint density at radius 2 is 1.43 bits per heavy atom. The summed E-state index contributed by atoms with van der Waals surface area (Å²) in [6.07, 6.45) is 0.0730. The largest absolute Gasteiger partial charge is 0.481 e. The second-order valence-corrected chi connectivity index (χ2v) is 9.83. The highest BCUT2D eigenvalue weighted by Gasteiger charge is 2.31. The van der Waals surface area contributed by atoms with Crippen LogP contribution in [0.4, 0.5) is 0 Å². The molecule has 0 heterocycles. The molecule has 0 saturated carbocycles. The van der Waals surface area contributed by atoms with Crippen LogP contribution in [-0.4, -0.2) is 76.5 Å². The summed E-state index contributed by atoms with van der Waals surface area (Å²) in [6.45, 7) is 3.87. The number of nitrogens with two attached hydrogens (primary N) is 3. The van der Waals surface area contributed by atoms with E-state index in [1.807, 2.05) is 13.8 Å². The summed E-state index contributed by atoms with van der Waals surface area (Å²) >= 11 is 0. The molecule has 40 heavy (non-hydrogen) atoms. The van der Waals surface area contributed by atoms with Crippen molar-refractivity contribution in [2.45, 2.75) is 76.5 Å². The third-order valence-electron chi connectivity index (χ3n) is 5.82. The van der Waals surface area contributed by atoms with Gasteiger partial charge in [-0.1, -0.05) is 44.2 Å². The lowest BCUT2D eigenvalue weighted by Crippen LogP contribution is -2.57. The molecule has 0 aliphatic rings. The van der Waals surface area contributed by atoms with Crippen LogP contribution in [-0.2, 0) is 30.4 Å². The summed E-state index contributed by atoms with van der Waals surface area (Å²) in [7, 11) is 0. The number of aliphatic imine (C=N–C) groups is 1. The molecule has 4 unspecified atom stereocenters. The second-order valence-electron chi connectivity index (χ2n) is 9.83. The molecule has 0 bridgehead atoms. The minimum Gasteiger partial charge on any atom is -0.481 e. The lowest BCUT2D eigenvalue weighted by molar-refractivity contribution is -0.142. The molecule has 14 heteroatoms. The monoisotopic (exact) mass is 563 g/mol. The average molecular weight is 564 g/mol. The Balaban J connectivity index is 3.08. The number of guanidine groups is 1. The first-order valence-electron chi connectivity index (χ1n) is 13.0. The first-order valence-corrected chi connectivity index (χ1v) is 13.0. The van der Waals surface area contributed by atoms with Gasteiger partial charge < -0.3 is 43.4 Å². The number of rotatable bonds is 18. The predicted molar refractivity (Wildman–Crippen MR) is 148 cm³/mol. The van der Waals surface area contributed by atoms with Gasteiger partial charge in [0.2, 0.25) is 17.7 Å². The number of carboxylic acid groups (broad SMARTS) is 2. The van der Waals surface area contributed by atoms with Crippen molar-refractivity contribution in [3.8, 4) is 0 Å². The third kappa shape index (κ3) is 13.6. The quantitative estimate of drug-likeness (QED) is 0.0618. The summed E-state index contributed by atoms with van der Waals surface area (Å²) in [5.41, 5.74) is 17.1. The van der Waals surface area contributed by atoms with Crippen LogP contribution in [0.3, 0.4) is 0 Å². The average Bonchev–Trinajstić information content (AvgIpc) is 2.87. The highest BCUT2D eigenvalue weighted by atomic mass is 16.4. The Bertz CT molecular complexity index is 1030. The first-order chi connectivity index (χ1) is 18.8. The molecule has 222 valence electrons. The molecule has 0 aromatic heterocycles. The van der Waals surface area contributed by atoms with Gasteiger partial charge in [-0.15, -0.1) is 0 Å². The summed E-state index contributed by atoms with van der Waals surface area (Å²) in [5.74, 6) is -4.77. The minimum atomic E-state index is -1.32. The van der Waals surface area contributed by atoms with E-state index < -0.39 is 60.2 Å². The number of benzene rings is 1. The SMILES string of the molecule is CC(C)CC(NC(=O)C(Cc1ccccc1)NC(=O)C(CCC(=O)O)NC(=O)C(N)CCCN=C(N)N)C(=O)O. The van der Waals surface area contributed by atoms with E-state index in [1.54, 1.807) is 30.3 Å². The molecule has 3 amide bonds. The van der Waals surface area contributed by atoms with Gasteiger partial charge in [-0.05, 0) is 37.2 Å². The van der Waals surface area contributed by atoms with Crippen molar-refractivity contribution >= 4 is 35.6 Å². The molecule has 0 saturated heterocycles. The number of aliphatic carboxylic acids is 2. The van der Waals surface area contributed by atoms with Gasteiger partial charge in [-0.25, -0.2) is 4.79 Å². The Kier molecular flexibility index (Phi) is 14.7. The van der Waals surface area contributed by atoms with Crippen molar-refractivity contribution in [3.05, 3.63) is 35.9 Å². The Morgan fingerprint density at radius 1 is 0.850 bits per heavy atom. The molecule has 0 fully saturated rings. The smallest absolute Gasteiger partial charge is 0.326 e. The second kappa shape index (κ2) is 17.4. The molecule has 14 nitrogen and oxygen atoms in total. The summed E-state index contributed by atoms with van der Waals surface area (Å²) in [4.78, 5) is 65.8. The third-order valence-corrected chi connectivity index (χ3v) is 5.82. The van der Waals surface area contributed by atoms with Gasteiger partial charge in [-0.2, -0.15) is 0 Å². The zero-order valence-corrected chi connectivity index (χ0v) is 22.8. The van der Waals surface area contributed by atoms with E-state index >= 15 is 0 Å². The molecule has 0 aliphatic heterocycles. The predicted octanol–water partition coefficient (Wildman–Crippen LogP) is -0.940. The zero-order chi connectivity index (χ0) is 30.2. The Labute approximate surface area is 233 Å². The normalized spacial score (nSPS) is 13.8. The Morgan fingerprint density at radius 3 is 1.98 bits per heavy atom. The van der Waals surface area contributed by atoms with E-state index in [9.17, 15) is 29.1 Å². The molecule has 0 radical (unpaired) electrons. The summed E-state index contributed by atoms with van der Waals surface area (Å²) in [5, 5.41) is 26.2. The number of nitrogens with one attached hydrogen (secondary N) is 3. The number of hydrogen-bond donors (Lipinski definition) is 8. The minimum absolute atomic E-state index is 0.0241. The van der Waals surface area contributed by atoms with Gasteiger partial charge in [0.05, 0.1) is 6.04 Å². The summed E-state index contributed by atoms with van der Waals surface area (Å²) < 4.78 is 0. The highest BCUT2D eigenvalue weighted by molar-refractivity contribution is 5.94. The maximum absolute atomic E-state index is 13.3. The van der Waals surface area contributed by atoms with E-state index in [0.717, 1.165) is 0 Å². The molecule has 1 rings (SSSR count). The van der Waals surface area contributed by atoms with Crippen molar-refractivity contribution in [1.29, 1.82) is 0 Å². The van der Waals surface area contributed by atoms with Crippen LogP contribution in [0.2, 0.25) is 0 Å². The van der Waals surface area contributed by atoms with Crippen LogP contribution in [0.25, 0.3) is 0 Å². The molecule has 1 aromatic carbocycles. The molecule has 0 spiro atoms. The standard InChI is InChI=1S/C26H41N7O7/c1-15(2)13-20(25(39)40)33-24(38)19(14-16-7-4-3-5-8-16)32-23(37)18(10-11-21(34)35)31-22(36)17(27)9-6-12-30-26(28)29/h3-5,7-8,15,17-20H,6,9-14,27H2,1-2H3,(H,31,36)(H,32,37)(H,33,38)(H,34,35)(H,39,40)(H4,28,29,30). The summed E-state index contributed by atoms with van der Waals surface area (Å²) in [6, 6.07) is 4.02. The van der Waals surface area contributed by atoms with Crippen molar-refractivity contribution in [2.24, 2.45) is 28.1 Å². The molecular formula is C26H41N7O7. The fraction of sp³-hybridized carbons (Fsp3) is 0.538. The van der Waals surface area contributed by atoms with Gasteiger partial charge in [0, 0.05) is 19.4 Å². The lowest BCUT2D eigenvalue weighted by Gasteiger charge is -2.25. The fourth-order valence-corrected chi connectivity index (χ4v) is 3.76. The van der Waals surface area contributed by atoms with Crippen LogP contribution in [0, 0.1) is 5.92 Å². The Hall–Kier alpha value is -4.20. The maximum Gasteiger partial charge on any atom is 0.326 e. The number of amides is 3. The number of carboxylic acids is 2. The number of nitrogens with zero attached hydrogens (tertiary/aromatic N) is 1. The first kappa shape index (κ1) is 33.8. The molecule has 4 atom stereocenters. The van der Waals surface area contributed by atoms with Crippen LogP contribution in [0.15, 0.2) is 35.3 Å². The topological polar surface area (TPSA) is 252 Å². The molecule has 0 aliphatic carbocycles. The van der Waals surface area contributed by atoms with Crippen molar-refractivity contribution in [3.63, 3.8) is 0 Å². The lowest BCUT2D eigenvalue weighted by atomic mass is 10.0. The maximum atomic E-state index is 13.3. The van der Waals surface area contributed by atoms with E-state index in [0.29, 0.717) is 12.0 Å². The molecular weight excluding hydrogens is 522 g/mol. The number of carbonyl (C=O) groups excluding carboxylic acids is 3. The van der Waals surface area contributed by atoms with Crippen molar-refractivity contribution in [2.75, 3.05) is 6.54 Å². The van der Waals surface area contributed by atoms with Gasteiger partial charge in [0.1, 0.15) is 18.1 Å². The fourth-order valence-electron chi connectivity index (χ4n) is 3.76. The van der Waals surface area contributed by atoms with E-state index in [1.165, 1.54) is 0 Å².